The fraction of sp³-hybridized carbons (Fsp3) is 0.533. The van der Waals surface area contributed by atoms with Crippen LogP contribution < -0.4 is 4.74 Å². The molecule has 1 aromatic rings. The number of carbonyl (C=O) groups is 1. The molecule has 4 heteroatoms. The van der Waals surface area contributed by atoms with Gasteiger partial charge in [-0.3, -0.25) is 4.79 Å². The fourth-order valence-corrected chi connectivity index (χ4v) is 2.23. The molecule has 0 saturated carbocycles. The number of phenolic OH excluding ortho intramolecular Hbond substituents is 1. The van der Waals surface area contributed by atoms with E-state index in [-0.39, 0.29) is 11.5 Å². The Morgan fingerprint density at radius 2 is 2.05 bits per heavy atom. The maximum Gasteiger partial charge on any atom is 0.161 e. The van der Waals surface area contributed by atoms with Gasteiger partial charge in [-0.2, -0.15) is 0 Å². The summed E-state index contributed by atoms with van der Waals surface area (Å²) in [6.07, 6.45) is 0.429. The minimum Gasteiger partial charge on any atom is -0.504 e. The molecule has 106 valence electrons. The Morgan fingerprint density at radius 1 is 1.42 bits per heavy atom. The molecule has 1 rings (SSSR count). The van der Waals surface area contributed by atoms with Gasteiger partial charge in [0.05, 0.1) is 12.0 Å². The largest absolute Gasteiger partial charge is 0.504 e. The first-order valence-electron chi connectivity index (χ1n) is 6.38. The molecule has 0 aliphatic carbocycles. The molecule has 1 N–H and O–H groups in total. The van der Waals surface area contributed by atoms with Gasteiger partial charge in [-0.25, -0.2) is 0 Å². The van der Waals surface area contributed by atoms with E-state index in [9.17, 15) is 9.90 Å². The first-order chi connectivity index (χ1) is 8.75. The lowest BCUT2D eigenvalue weighted by Crippen LogP contribution is -2.30. The maximum atomic E-state index is 12.0. The van der Waals surface area contributed by atoms with Crippen LogP contribution in [0.5, 0.6) is 11.5 Å². The molecule has 0 aromatic heterocycles. The number of carbonyl (C=O) groups excluding carboxylic acids is 1. The van der Waals surface area contributed by atoms with Crippen molar-refractivity contribution in [2.45, 2.75) is 39.5 Å². The lowest BCUT2D eigenvalue weighted by molar-refractivity contribution is -0.125. The van der Waals surface area contributed by atoms with Crippen LogP contribution in [-0.2, 0) is 11.2 Å². The predicted molar refractivity (Wildman–Crippen MR) is 77.1 cm³/mol. The summed E-state index contributed by atoms with van der Waals surface area (Å²) in [4.78, 5) is 12.0. The molecule has 0 spiro atoms. The van der Waals surface area contributed by atoms with Gasteiger partial charge in [0.2, 0.25) is 0 Å². The third-order valence-electron chi connectivity index (χ3n) is 2.76. The van der Waals surface area contributed by atoms with Crippen LogP contribution in [0, 0.1) is 5.41 Å². The van der Waals surface area contributed by atoms with E-state index in [4.69, 9.17) is 16.3 Å². The molecule has 0 saturated heterocycles. The number of ketones is 1. The van der Waals surface area contributed by atoms with Crippen molar-refractivity contribution in [3.8, 4) is 11.5 Å². The van der Waals surface area contributed by atoms with Crippen molar-refractivity contribution in [3.63, 3.8) is 0 Å². The van der Waals surface area contributed by atoms with Gasteiger partial charge in [0.1, 0.15) is 0 Å². The number of alkyl halides is 1. The Bertz CT molecular complexity index is 449. The summed E-state index contributed by atoms with van der Waals surface area (Å²) >= 11 is 6.17. The predicted octanol–water partition coefficient (Wildman–Crippen LogP) is 3.56. The van der Waals surface area contributed by atoms with E-state index >= 15 is 0 Å². The monoisotopic (exact) mass is 284 g/mol. The maximum absolute atomic E-state index is 12.0. The second-order valence-electron chi connectivity index (χ2n) is 5.52. The van der Waals surface area contributed by atoms with E-state index in [0.717, 1.165) is 5.56 Å². The fourth-order valence-electron chi connectivity index (χ4n) is 1.73. The van der Waals surface area contributed by atoms with Crippen LogP contribution in [-0.4, -0.2) is 22.9 Å². The minimum absolute atomic E-state index is 0.0141. The Labute approximate surface area is 119 Å². The zero-order chi connectivity index (χ0) is 14.6. The average molecular weight is 285 g/mol. The summed E-state index contributed by atoms with van der Waals surface area (Å²) < 4.78 is 5.31. The number of halogens is 1. The summed E-state index contributed by atoms with van der Waals surface area (Å²) in [6.45, 7) is 7.88. The van der Waals surface area contributed by atoms with Crippen LogP contribution in [0.15, 0.2) is 18.2 Å². The Balaban J connectivity index is 2.83. The van der Waals surface area contributed by atoms with E-state index in [0.29, 0.717) is 18.8 Å². The van der Waals surface area contributed by atoms with Gasteiger partial charge in [0.25, 0.3) is 0 Å². The van der Waals surface area contributed by atoms with Crippen molar-refractivity contribution in [2.24, 2.45) is 5.41 Å². The van der Waals surface area contributed by atoms with Gasteiger partial charge in [0.15, 0.2) is 17.3 Å². The summed E-state index contributed by atoms with van der Waals surface area (Å²) in [6, 6.07) is 5.04. The number of ether oxygens (including phenoxy) is 1. The van der Waals surface area contributed by atoms with Crippen LogP contribution >= 0.6 is 11.6 Å². The number of rotatable bonds is 5. The molecule has 0 amide bonds. The second kappa shape index (κ2) is 6.29. The molecule has 0 bridgehead atoms. The van der Waals surface area contributed by atoms with Crippen LogP contribution in [0.2, 0.25) is 0 Å². The Kier molecular flexibility index (Phi) is 5.24. The lowest BCUT2D eigenvalue weighted by Gasteiger charge is -2.20. The zero-order valence-corrected chi connectivity index (χ0v) is 12.6. The van der Waals surface area contributed by atoms with Crippen molar-refractivity contribution in [3.05, 3.63) is 23.8 Å². The van der Waals surface area contributed by atoms with E-state index in [1.807, 2.05) is 27.7 Å². The van der Waals surface area contributed by atoms with Gasteiger partial charge in [-0.1, -0.05) is 26.8 Å². The van der Waals surface area contributed by atoms with Gasteiger partial charge >= 0.3 is 0 Å². The van der Waals surface area contributed by atoms with Crippen molar-refractivity contribution >= 4 is 17.4 Å². The number of hydrogen-bond acceptors (Lipinski definition) is 3. The highest BCUT2D eigenvalue weighted by Gasteiger charge is 2.28. The Morgan fingerprint density at radius 3 is 2.58 bits per heavy atom. The van der Waals surface area contributed by atoms with Crippen LogP contribution in [0.25, 0.3) is 0 Å². The van der Waals surface area contributed by atoms with Crippen LogP contribution in [0.1, 0.15) is 33.3 Å². The van der Waals surface area contributed by atoms with Gasteiger partial charge < -0.3 is 9.84 Å². The molecule has 1 atom stereocenters. The molecule has 1 unspecified atom stereocenters. The van der Waals surface area contributed by atoms with Crippen LogP contribution in [0.3, 0.4) is 0 Å². The molecular weight excluding hydrogens is 264 g/mol. The number of phenols is 1. The zero-order valence-electron chi connectivity index (χ0n) is 11.9. The van der Waals surface area contributed by atoms with Crippen molar-refractivity contribution < 1.29 is 14.6 Å². The van der Waals surface area contributed by atoms with E-state index in [2.05, 4.69) is 0 Å². The van der Waals surface area contributed by atoms with Gasteiger partial charge in [-0.05, 0) is 31.0 Å². The third kappa shape index (κ3) is 4.43. The van der Waals surface area contributed by atoms with Crippen LogP contribution in [0.4, 0.5) is 0 Å². The topological polar surface area (TPSA) is 46.5 Å². The van der Waals surface area contributed by atoms with Gasteiger partial charge in [-0.15, -0.1) is 11.6 Å². The first kappa shape index (κ1) is 15.8. The standard InChI is InChI=1S/C15H21ClO3/c1-5-19-13-9-10(6-7-12(13)17)8-11(16)14(18)15(2,3)4/h6-7,9,11,17H,5,8H2,1-4H3. The van der Waals surface area contributed by atoms with Crippen molar-refractivity contribution in [1.82, 2.24) is 0 Å². The number of Topliss-reactive ketones (excluding diaryl/α,β-unsaturated/α-hetero) is 1. The Hall–Kier alpha value is -1.22. The van der Waals surface area contributed by atoms with E-state index < -0.39 is 10.8 Å². The second-order valence-corrected chi connectivity index (χ2v) is 6.05. The van der Waals surface area contributed by atoms with Gasteiger partial charge in [0, 0.05) is 5.41 Å². The quantitative estimate of drug-likeness (QED) is 0.841. The highest BCUT2D eigenvalue weighted by molar-refractivity contribution is 6.31. The molecule has 19 heavy (non-hydrogen) atoms. The summed E-state index contributed by atoms with van der Waals surface area (Å²) in [5, 5.41) is 9.04. The highest BCUT2D eigenvalue weighted by atomic mass is 35.5. The lowest BCUT2D eigenvalue weighted by atomic mass is 9.87. The van der Waals surface area contributed by atoms with E-state index in [1.165, 1.54) is 0 Å². The number of benzene rings is 1. The average Bonchev–Trinajstić information content (AvgIpc) is 2.31. The molecule has 0 aliphatic rings. The van der Waals surface area contributed by atoms with Crippen molar-refractivity contribution in [1.29, 1.82) is 0 Å². The summed E-state index contributed by atoms with van der Waals surface area (Å²) in [5.41, 5.74) is 0.422. The molecule has 0 aliphatic heterocycles. The first-order valence-corrected chi connectivity index (χ1v) is 6.82. The normalized spacial score (nSPS) is 13.1. The summed E-state index contributed by atoms with van der Waals surface area (Å²) in [7, 11) is 0. The molecule has 1 aromatic carbocycles. The number of aromatic hydroxyl groups is 1. The molecule has 0 heterocycles. The molecular formula is C15H21ClO3. The number of hydrogen-bond donors (Lipinski definition) is 1. The van der Waals surface area contributed by atoms with Crippen molar-refractivity contribution in [2.75, 3.05) is 6.61 Å². The molecule has 0 fully saturated rings. The highest BCUT2D eigenvalue weighted by Crippen LogP contribution is 2.29. The molecule has 0 radical (unpaired) electrons. The third-order valence-corrected chi connectivity index (χ3v) is 3.12. The SMILES string of the molecule is CCOc1cc(CC(Cl)C(=O)C(C)(C)C)ccc1O. The smallest absolute Gasteiger partial charge is 0.161 e. The summed E-state index contributed by atoms with van der Waals surface area (Å²) in [5.74, 6) is 0.533. The minimum atomic E-state index is -0.570. The molecule has 3 nitrogen and oxygen atoms in total. The van der Waals surface area contributed by atoms with E-state index in [1.54, 1.807) is 18.2 Å².